The maximum Gasteiger partial charge on any atom is 0.251 e. The van der Waals surface area contributed by atoms with E-state index in [1.165, 1.54) is 5.56 Å². The summed E-state index contributed by atoms with van der Waals surface area (Å²) in [5.74, 6) is 0.503. The molecule has 1 unspecified atom stereocenters. The predicted molar refractivity (Wildman–Crippen MR) is 114 cm³/mol. The minimum Gasteiger partial charge on any atom is -0.489 e. The van der Waals surface area contributed by atoms with Crippen LogP contribution >= 0.6 is 11.6 Å². The van der Waals surface area contributed by atoms with Gasteiger partial charge in [0.05, 0.1) is 6.04 Å². The number of aryl methyl sites for hydroxylation is 1. The molecule has 0 radical (unpaired) electrons. The molecule has 1 atom stereocenters. The van der Waals surface area contributed by atoms with Gasteiger partial charge < -0.3 is 10.1 Å². The van der Waals surface area contributed by atoms with E-state index >= 15 is 0 Å². The zero-order chi connectivity index (χ0) is 19.9. The van der Waals surface area contributed by atoms with Crippen LogP contribution in [0.3, 0.4) is 0 Å². The molecule has 0 aliphatic rings. The van der Waals surface area contributed by atoms with Gasteiger partial charge in [0.25, 0.3) is 5.91 Å². The molecule has 144 valence electrons. The summed E-state index contributed by atoms with van der Waals surface area (Å²) in [4.78, 5) is 12.6. The number of hydrogen-bond donors (Lipinski definition) is 1. The Morgan fingerprint density at radius 2 is 1.79 bits per heavy atom. The molecule has 0 heterocycles. The molecule has 3 rings (SSSR count). The van der Waals surface area contributed by atoms with Crippen molar-refractivity contribution in [2.75, 3.05) is 0 Å². The summed E-state index contributed by atoms with van der Waals surface area (Å²) in [7, 11) is 0. The second kappa shape index (κ2) is 9.43. The van der Waals surface area contributed by atoms with E-state index in [-0.39, 0.29) is 11.9 Å². The number of rotatable bonds is 7. The largest absolute Gasteiger partial charge is 0.489 e. The van der Waals surface area contributed by atoms with E-state index in [1.54, 1.807) is 12.1 Å². The fourth-order valence-electron chi connectivity index (χ4n) is 2.91. The molecule has 1 N–H and O–H groups in total. The lowest BCUT2D eigenvalue weighted by Crippen LogP contribution is -2.26. The number of benzene rings is 3. The van der Waals surface area contributed by atoms with Crippen molar-refractivity contribution >= 4 is 17.5 Å². The van der Waals surface area contributed by atoms with Crippen LogP contribution in [0.4, 0.5) is 0 Å². The Kier molecular flexibility index (Phi) is 6.72. The van der Waals surface area contributed by atoms with Crippen LogP contribution in [0.25, 0.3) is 0 Å². The second-order valence-electron chi connectivity index (χ2n) is 6.70. The van der Waals surface area contributed by atoms with Gasteiger partial charge in [0.2, 0.25) is 0 Å². The highest BCUT2D eigenvalue weighted by Gasteiger charge is 2.12. The van der Waals surface area contributed by atoms with E-state index in [0.29, 0.717) is 22.9 Å². The van der Waals surface area contributed by atoms with Gasteiger partial charge in [0.15, 0.2) is 0 Å². The number of halogens is 1. The predicted octanol–water partition coefficient (Wildman–Crippen LogP) is 5.97. The highest BCUT2D eigenvalue weighted by Crippen LogP contribution is 2.20. The molecule has 0 aliphatic carbocycles. The second-order valence-corrected chi connectivity index (χ2v) is 7.11. The lowest BCUT2D eigenvalue weighted by Gasteiger charge is -2.15. The van der Waals surface area contributed by atoms with Gasteiger partial charge >= 0.3 is 0 Å². The number of amides is 1. The van der Waals surface area contributed by atoms with Crippen LogP contribution in [-0.4, -0.2) is 5.91 Å². The summed E-state index contributed by atoms with van der Waals surface area (Å²) < 4.78 is 5.81. The monoisotopic (exact) mass is 393 g/mol. The Balaban J connectivity index is 1.63. The Morgan fingerprint density at radius 1 is 1.04 bits per heavy atom. The van der Waals surface area contributed by atoms with E-state index in [2.05, 4.69) is 36.5 Å². The number of carbonyl (C=O) groups excluding carboxylic acids is 1. The van der Waals surface area contributed by atoms with Gasteiger partial charge in [-0.15, -0.1) is 0 Å². The summed E-state index contributed by atoms with van der Waals surface area (Å²) in [6.45, 7) is 4.46. The fourth-order valence-corrected chi connectivity index (χ4v) is 3.10. The van der Waals surface area contributed by atoms with Gasteiger partial charge in [0, 0.05) is 16.1 Å². The standard InChI is InChI=1S/C24H24ClNO2/c1-3-18-11-13-19(14-12-18)17(2)26-24(27)20-8-6-9-22(15-20)28-16-21-7-4-5-10-23(21)25/h4-15,17H,3,16H2,1-2H3,(H,26,27). The molecule has 0 spiro atoms. The molecule has 0 fully saturated rings. The van der Waals surface area contributed by atoms with Gasteiger partial charge in [0.1, 0.15) is 12.4 Å². The number of nitrogens with one attached hydrogen (secondary N) is 1. The smallest absolute Gasteiger partial charge is 0.251 e. The Labute approximate surface area is 171 Å². The van der Waals surface area contributed by atoms with Crippen LogP contribution in [0, 0.1) is 0 Å². The summed E-state index contributed by atoms with van der Waals surface area (Å²) in [6.07, 6.45) is 1.00. The normalized spacial score (nSPS) is 11.7. The number of carbonyl (C=O) groups is 1. The number of hydrogen-bond acceptors (Lipinski definition) is 2. The van der Waals surface area contributed by atoms with Gasteiger partial charge in [-0.05, 0) is 48.7 Å². The molecule has 0 aliphatic heterocycles. The van der Waals surface area contributed by atoms with Crippen molar-refractivity contribution in [3.05, 3.63) is 100 Å². The van der Waals surface area contributed by atoms with Crippen molar-refractivity contribution < 1.29 is 9.53 Å². The third-order valence-corrected chi connectivity index (χ3v) is 5.05. The molecule has 0 bridgehead atoms. The highest BCUT2D eigenvalue weighted by atomic mass is 35.5. The molecule has 3 nitrogen and oxygen atoms in total. The third-order valence-electron chi connectivity index (χ3n) is 4.68. The lowest BCUT2D eigenvalue weighted by atomic mass is 10.0. The molecule has 0 saturated carbocycles. The lowest BCUT2D eigenvalue weighted by molar-refractivity contribution is 0.0939. The fraction of sp³-hybridized carbons (Fsp3) is 0.208. The first-order valence-electron chi connectivity index (χ1n) is 9.42. The SMILES string of the molecule is CCc1ccc(C(C)NC(=O)c2cccc(OCc3ccccc3Cl)c2)cc1. The van der Waals surface area contributed by atoms with Crippen LogP contribution in [0.15, 0.2) is 72.8 Å². The van der Waals surface area contributed by atoms with Gasteiger partial charge in [-0.1, -0.05) is 67.1 Å². The minimum absolute atomic E-state index is 0.0777. The van der Waals surface area contributed by atoms with Crippen molar-refractivity contribution in [3.8, 4) is 5.75 Å². The van der Waals surface area contributed by atoms with Crippen LogP contribution in [0.2, 0.25) is 5.02 Å². The summed E-state index contributed by atoms with van der Waals surface area (Å²) >= 11 is 6.16. The molecule has 0 aromatic heterocycles. The van der Waals surface area contributed by atoms with Crippen molar-refractivity contribution in [3.63, 3.8) is 0 Å². The van der Waals surface area contributed by atoms with E-state index in [0.717, 1.165) is 17.5 Å². The van der Waals surface area contributed by atoms with Gasteiger partial charge in [-0.3, -0.25) is 4.79 Å². The zero-order valence-electron chi connectivity index (χ0n) is 16.1. The quantitative estimate of drug-likeness (QED) is 0.536. The first-order chi connectivity index (χ1) is 13.6. The van der Waals surface area contributed by atoms with Crippen molar-refractivity contribution in [2.45, 2.75) is 32.9 Å². The Bertz CT molecular complexity index is 937. The average Bonchev–Trinajstić information content (AvgIpc) is 2.73. The topological polar surface area (TPSA) is 38.3 Å². The molecular formula is C24H24ClNO2. The van der Waals surface area contributed by atoms with Crippen LogP contribution in [-0.2, 0) is 13.0 Å². The average molecular weight is 394 g/mol. The first kappa shape index (κ1) is 20.0. The zero-order valence-corrected chi connectivity index (χ0v) is 16.9. The van der Waals surface area contributed by atoms with E-state index < -0.39 is 0 Å². The third kappa shape index (κ3) is 5.14. The van der Waals surface area contributed by atoms with E-state index in [1.807, 2.05) is 43.3 Å². The van der Waals surface area contributed by atoms with Crippen molar-refractivity contribution in [2.24, 2.45) is 0 Å². The number of ether oxygens (including phenoxy) is 1. The molecule has 0 saturated heterocycles. The van der Waals surface area contributed by atoms with Crippen molar-refractivity contribution in [1.29, 1.82) is 0 Å². The highest BCUT2D eigenvalue weighted by molar-refractivity contribution is 6.31. The Morgan fingerprint density at radius 3 is 2.50 bits per heavy atom. The Hall–Kier alpha value is -2.78. The maximum absolute atomic E-state index is 12.6. The summed E-state index contributed by atoms with van der Waals surface area (Å²) in [5, 5.41) is 3.71. The van der Waals surface area contributed by atoms with Gasteiger partial charge in [-0.2, -0.15) is 0 Å². The summed E-state index contributed by atoms with van der Waals surface area (Å²) in [6, 6.07) is 23.0. The maximum atomic E-state index is 12.6. The van der Waals surface area contributed by atoms with E-state index in [9.17, 15) is 4.79 Å². The minimum atomic E-state index is -0.129. The molecule has 28 heavy (non-hydrogen) atoms. The van der Waals surface area contributed by atoms with Crippen LogP contribution < -0.4 is 10.1 Å². The molecule has 1 amide bonds. The summed E-state index contributed by atoms with van der Waals surface area (Å²) in [5.41, 5.74) is 3.83. The molecule has 3 aromatic rings. The van der Waals surface area contributed by atoms with Gasteiger partial charge in [-0.25, -0.2) is 0 Å². The van der Waals surface area contributed by atoms with Crippen molar-refractivity contribution in [1.82, 2.24) is 5.32 Å². The first-order valence-corrected chi connectivity index (χ1v) is 9.80. The molecule has 3 aromatic carbocycles. The van der Waals surface area contributed by atoms with Crippen LogP contribution in [0.1, 0.15) is 46.9 Å². The molecular weight excluding hydrogens is 370 g/mol. The van der Waals surface area contributed by atoms with Crippen LogP contribution in [0.5, 0.6) is 5.75 Å². The van der Waals surface area contributed by atoms with E-state index in [4.69, 9.17) is 16.3 Å². The molecule has 4 heteroatoms.